The number of likely N-dealkylation sites (N-methyl/N-ethyl adjacent to an activating group) is 1. The van der Waals surface area contributed by atoms with Crippen LogP contribution in [-0.2, 0) is 5.41 Å². The molecule has 2 heterocycles. The number of anilines is 1. The van der Waals surface area contributed by atoms with Crippen LogP contribution >= 0.6 is 0 Å². The number of nitrogens with one attached hydrogen (secondary N) is 1. The van der Waals surface area contributed by atoms with Gasteiger partial charge in [-0.2, -0.15) is 0 Å². The highest BCUT2D eigenvalue weighted by Crippen LogP contribution is 2.50. The summed E-state index contributed by atoms with van der Waals surface area (Å²) < 4.78 is 6.53. The summed E-state index contributed by atoms with van der Waals surface area (Å²) in [4.78, 5) is 14.9. The van der Waals surface area contributed by atoms with Crippen molar-refractivity contribution in [1.29, 1.82) is 0 Å². The Balaban J connectivity index is 1.70. The van der Waals surface area contributed by atoms with Crippen LogP contribution in [0.25, 0.3) is 6.08 Å². The largest absolute Gasteiger partial charge is 0.463 e. The van der Waals surface area contributed by atoms with Gasteiger partial charge in [0.15, 0.2) is 5.78 Å². The van der Waals surface area contributed by atoms with Gasteiger partial charge in [-0.15, -0.1) is 0 Å². The van der Waals surface area contributed by atoms with Gasteiger partial charge in [-0.05, 0) is 83.8 Å². The van der Waals surface area contributed by atoms with E-state index < -0.39 is 11.3 Å². The number of hydrogen-bond donors (Lipinski definition) is 1. The van der Waals surface area contributed by atoms with Crippen LogP contribution in [0.15, 0.2) is 48.5 Å². The molecule has 2 aliphatic rings. The fraction of sp³-hybridized carbons (Fsp3) is 0.375. The van der Waals surface area contributed by atoms with Gasteiger partial charge in [0.05, 0.1) is 11.0 Å². The lowest BCUT2D eigenvalue weighted by atomic mass is 9.76. The molecule has 4 rings (SSSR count). The third-order valence-electron chi connectivity index (χ3n) is 6.56. The third-order valence-corrected chi connectivity index (χ3v) is 6.56. The molecule has 0 bridgehead atoms. The number of benzene rings is 2. The first-order chi connectivity index (χ1) is 13.1. The molecule has 1 unspecified atom stereocenters. The van der Waals surface area contributed by atoms with Gasteiger partial charge in [-0.25, -0.2) is 0 Å². The van der Waals surface area contributed by atoms with E-state index in [0.717, 1.165) is 17.0 Å². The number of fused-ring (bicyclic) bond motifs is 2. The smallest absolute Gasteiger partial charge is 0.209 e. The number of hydrogen-bond acceptors (Lipinski definition) is 4. The molecule has 1 spiro atoms. The highest BCUT2D eigenvalue weighted by Gasteiger charge is 2.54. The maximum absolute atomic E-state index is 13.0. The van der Waals surface area contributed by atoms with Gasteiger partial charge in [0.1, 0.15) is 5.75 Å². The molecule has 0 fully saturated rings. The van der Waals surface area contributed by atoms with Gasteiger partial charge >= 0.3 is 0 Å². The summed E-state index contributed by atoms with van der Waals surface area (Å²) in [5.41, 5.74) is 2.52. The van der Waals surface area contributed by atoms with Crippen molar-refractivity contribution in [1.82, 2.24) is 4.90 Å². The molecule has 4 nitrogen and oxygen atoms in total. The van der Waals surface area contributed by atoms with Crippen molar-refractivity contribution in [2.75, 3.05) is 19.4 Å². The molecule has 2 aromatic rings. The number of rotatable bonds is 3. The monoisotopic (exact) mass is 376 g/mol. The number of para-hydroxylation sites is 1. The van der Waals surface area contributed by atoms with Gasteiger partial charge in [0.25, 0.3) is 0 Å². The SMILES string of the molecule is CN(C)C(C)(C)C(=O)c1ccc2c(c1)C=CC1(Nc3ccccc3C1(C)C)O2. The van der Waals surface area contributed by atoms with Crippen molar-refractivity contribution in [3.63, 3.8) is 0 Å². The van der Waals surface area contributed by atoms with Crippen molar-refractivity contribution < 1.29 is 9.53 Å². The van der Waals surface area contributed by atoms with E-state index in [0.29, 0.717) is 5.56 Å². The lowest BCUT2D eigenvalue weighted by molar-refractivity contribution is 0.0753. The molecule has 28 heavy (non-hydrogen) atoms. The summed E-state index contributed by atoms with van der Waals surface area (Å²) in [7, 11) is 3.85. The molecule has 0 aliphatic carbocycles. The topological polar surface area (TPSA) is 41.6 Å². The Hall–Kier alpha value is -2.59. The Morgan fingerprint density at radius 2 is 1.82 bits per heavy atom. The molecule has 0 aromatic heterocycles. The van der Waals surface area contributed by atoms with Gasteiger partial charge < -0.3 is 10.1 Å². The summed E-state index contributed by atoms with van der Waals surface area (Å²) in [6.45, 7) is 8.27. The molecule has 0 saturated carbocycles. The number of ketones is 1. The molecule has 1 N–H and O–H groups in total. The average molecular weight is 377 g/mol. The van der Waals surface area contributed by atoms with E-state index in [1.807, 2.05) is 57.1 Å². The van der Waals surface area contributed by atoms with Crippen LogP contribution in [0.1, 0.15) is 49.2 Å². The lowest BCUT2D eigenvalue weighted by Crippen LogP contribution is -2.53. The van der Waals surface area contributed by atoms with Crippen molar-refractivity contribution in [2.24, 2.45) is 0 Å². The predicted octanol–water partition coefficient (Wildman–Crippen LogP) is 4.71. The maximum Gasteiger partial charge on any atom is 0.209 e. The van der Waals surface area contributed by atoms with Crippen molar-refractivity contribution >= 4 is 17.5 Å². The zero-order chi connectivity index (χ0) is 20.3. The third kappa shape index (κ3) is 2.51. The van der Waals surface area contributed by atoms with Gasteiger partial charge in [-0.1, -0.05) is 18.2 Å². The summed E-state index contributed by atoms with van der Waals surface area (Å²) in [6.07, 6.45) is 4.15. The molecule has 0 amide bonds. The zero-order valence-electron chi connectivity index (χ0n) is 17.5. The van der Waals surface area contributed by atoms with E-state index in [1.54, 1.807) is 0 Å². The minimum Gasteiger partial charge on any atom is -0.463 e. The van der Waals surface area contributed by atoms with Gasteiger partial charge in [0.2, 0.25) is 5.72 Å². The molecule has 2 aliphatic heterocycles. The number of carbonyl (C=O) groups is 1. The Morgan fingerprint density at radius 1 is 1.11 bits per heavy atom. The Labute approximate surface area is 167 Å². The molecule has 1 atom stereocenters. The second-order valence-electron chi connectivity index (χ2n) is 9.00. The quantitative estimate of drug-likeness (QED) is 0.788. The highest BCUT2D eigenvalue weighted by atomic mass is 16.5. The Bertz CT molecular complexity index is 988. The van der Waals surface area contributed by atoms with E-state index in [2.05, 4.69) is 49.5 Å². The van der Waals surface area contributed by atoms with E-state index in [9.17, 15) is 4.79 Å². The number of Topliss-reactive ketones (excluding diaryl/α,β-unsaturated/α-hetero) is 1. The van der Waals surface area contributed by atoms with E-state index in [-0.39, 0.29) is 11.2 Å². The van der Waals surface area contributed by atoms with Crippen molar-refractivity contribution in [3.8, 4) is 5.75 Å². The molecule has 0 radical (unpaired) electrons. The van der Waals surface area contributed by atoms with Crippen LogP contribution in [0.2, 0.25) is 0 Å². The molecule has 4 heteroatoms. The van der Waals surface area contributed by atoms with Crippen molar-refractivity contribution in [3.05, 3.63) is 65.2 Å². The molecule has 0 saturated heterocycles. The summed E-state index contributed by atoms with van der Waals surface area (Å²) in [5, 5.41) is 3.57. The second kappa shape index (κ2) is 5.95. The normalized spacial score (nSPS) is 21.8. The van der Waals surface area contributed by atoms with E-state index >= 15 is 0 Å². The first-order valence-corrected chi connectivity index (χ1v) is 9.71. The van der Waals surface area contributed by atoms with Crippen LogP contribution in [-0.4, -0.2) is 36.0 Å². The summed E-state index contributed by atoms with van der Waals surface area (Å²) >= 11 is 0. The number of carbonyl (C=O) groups excluding carboxylic acids is 1. The Morgan fingerprint density at radius 3 is 2.50 bits per heavy atom. The fourth-order valence-corrected chi connectivity index (χ4v) is 3.98. The molecular weight excluding hydrogens is 348 g/mol. The first kappa shape index (κ1) is 18.8. The fourth-order valence-electron chi connectivity index (χ4n) is 3.98. The van der Waals surface area contributed by atoms with Crippen LogP contribution < -0.4 is 10.1 Å². The molecule has 2 aromatic carbocycles. The predicted molar refractivity (Wildman–Crippen MR) is 114 cm³/mol. The highest BCUT2D eigenvalue weighted by molar-refractivity contribution is 6.03. The van der Waals surface area contributed by atoms with Gasteiger partial charge in [0, 0.05) is 16.8 Å². The summed E-state index contributed by atoms with van der Waals surface area (Å²) in [5.74, 6) is 0.885. The molecule has 146 valence electrons. The minimum absolute atomic E-state index is 0.0979. The maximum atomic E-state index is 13.0. The first-order valence-electron chi connectivity index (χ1n) is 9.71. The average Bonchev–Trinajstić information content (AvgIpc) is 2.87. The second-order valence-corrected chi connectivity index (χ2v) is 9.00. The standard InChI is InChI=1S/C24H28N2O2/c1-22(2)18-9-7-8-10-19(18)25-24(22)14-13-16-15-17(11-12-20(16)28-24)21(27)23(3,4)26(5)6/h7-15,25H,1-6H3. The zero-order valence-corrected chi connectivity index (χ0v) is 17.5. The van der Waals surface area contributed by atoms with E-state index in [4.69, 9.17) is 4.74 Å². The lowest BCUT2D eigenvalue weighted by Gasteiger charge is -2.41. The van der Waals surface area contributed by atoms with Crippen LogP contribution in [0.4, 0.5) is 5.69 Å². The minimum atomic E-state index is -0.641. The summed E-state index contributed by atoms with van der Waals surface area (Å²) in [6, 6.07) is 14.0. The number of ether oxygens (including phenoxy) is 1. The van der Waals surface area contributed by atoms with Gasteiger partial charge in [-0.3, -0.25) is 9.69 Å². The molecular formula is C24H28N2O2. The van der Waals surface area contributed by atoms with Crippen LogP contribution in [0, 0.1) is 0 Å². The van der Waals surface area contributed by atoms with Crippen LogP contribution in [0.3, 0.4) is 0 Å². The van der Waals surface area contributed by atoms with E-state index in [1.165, 1.54) is 5.56 Å². The van der Waals surface area contributed by atoms with Crippen LogP contribution in [0.5, 0.6) is 5.75 Å². The van der Waals surface area contributed by atoms with Crippen molar-refractivity contribution in [2.45, 2.75) is 44.4 Å². The number of nitrogens with zero attached hydrogens (tertiary/aromatic N) is 1. The Kier molecular flexibility index (Phi) is 3.99.